The van der Waals surface area contributed by atoms with E-state index in [1.54, 1.807) is 40.4 Å². The van der Waals surface area contributed by atoms with Gasteiger partial charge in [-0.25, -0.2) is 0 Å². The van der Waals surface area contributed by atoms with Gasteiger partial charge in [0.05, 0.1) is 18.4 Å². The summed E-state index contributed by atoms with van der Waals surface area (Å²) in [5.74, 6) is -0.111. The van der Waals surface area contributed by atoms with Gasteiger partial charge in [-0.05, 0) is 17.9 Å². The van der Waals surface area contributed by atoms with E-state index in [4.69, 9.17) is 0 Å². The van der Waals surface area contributed by atoms with Crippen molar-refractivity contribution in [1.82, 2.24) is 14.7 Å². The van der Waals surface area contributed by atoms with Crippen LogP contribution in [-0.2, 0) is 23.2 Å². The van der Waals surface area contributed by atoms with Gasteiger partial charge in [-0.15, -0.1) is 11.3 Å². The summed E-state index contributed by atoms with van der Waals surface area (Å²) in [6.07, 6.45) is 4.32. The second-order valence-electron chi connectivity index (χ2n) is 5.05. The lowest BCUT2D eigenvalue weighted by molar-refractivity contribution is -0.133. The predicted molar refractivity (Wildman–Crippen MR) is 79.7 cm³/mol. The Morgan fingerprint density at radius 3 is 3.10 bits per heavy atom. The third-order valence-corrected chi connectivity index (χ3v) is 4.37. The molecule has 0 unspecified atom stereocenters. The maximum atomic E-state index is 12.4. The Morgan fingerprint density at radius 2 is 2.43 bits per heavy atom. The predicted octanol–water partition coefficient (Wildman–Crippen LogP) is 1.61. The van der Waals surface area contributed by atoms with Crippen LogP contribution < -0.4 is 5.32 Å². The van der Waals surface area contributed by atoms with Gasteiger partial charge in [-0.3, -0.25) is 14.3 Å². The van der Waals surface area contributed by atoms with Crippen LogP contribution in [0, 0.1) is 0 Å². The van der Waals surface area contributed by atoms with E-state index in [1.807, 2.05) is 17.5 Å². The molecule has 1 saturated heterocycles. The van der Waals surface area contributed by atoms with E-state index < -0.39 is 6.04 Å². The Kier molecular flexibility index (Phi) is 3.74. The van der Waals surface area contributed by atoms with Crippen molar-refractivity contribution < 1.29 is 9.59 Å². The molecule has 0 radical (unpaired) electrons. The van der Waals surface area contributed by atoms with Crippen LogP contribution in [0.1, 0.15) is 17.7 Å². The Bertz CT molecular complexity index is 650. The highest BCUT2D eigenvalue weighted by molar-refractivity contribution is 7.09. The fourth-order valence-electron chi connectivity index (χ4n) is 2.49. The maximum Gasteiger partial charge on any atom is 0.247 e. The largest absolute Gasteiger partial charge is 0.326 e. The summed E-state index contributed by atoms with van der Waals surface area (Å²) < 4.78 is 1.62. The number of nitrogens with zero attached hydrogens (tertiary/aromatic N) is 3. The van der Waals surface area contributed by atoms with Crippen molar-refractivity contribution in [1.29, 1.82) is 0 Å². The smallest absolute Gasteiger partial charge is 0.247 e. The zero-order chi connectivity index (χ0) is 14.8. The number of carbonyl (C=O) groups excluding carboxylic acids is 2. The summed E-state index contributed by atoms with van der Waals surface area (Å²) in [6, 6.07) is 3.53. The summed E-state index contributed by atoms with van der Waals surface area (Å²) in [5, 5.41) is 8.81. The van der Waals surface area contributed by atoms with Crippen molar-refractivity contribution >= 4 is 28.8 Å². The molecule has 3 heterocycles. The molecule has 0 bridgehead atoms. The number of likely N-dealkylation sites (tertiary alicyclic amines) is 1. The SMILES string of the molecule is Cn1cc(NC(=O)[C@@H]2CCC(=O)N2Cc2cccs2)cn1. The van der Waals surface area contributed by atoms with Crippen LogP contribution in [0.4, 0.5) is 5.69 Å². The first-order valence-corrected chi connectivity index (χ1v) is 7.63. The van der Waals surface area contributed by atoms with Crippen LogP contribution in [-0.4, -0.2) is 32.5 Å². The third-order valence-electron chi connectivity index (χ3n) is 3.51. The maximum absolute atomic E-state index is 12.4. The minimum atomic E-state index is -0.403. The van der Waals surface area contributed by atoms with Crippen LogP contribution in [0.2, 0.25) is 0 Å². The number of thiophene rings is 1. The van der Waals surface area contributed by atoms with Crippen molar-refractivity contribution in [3.05, 3.63) is 34.8 Å². The fourth-order valence-corrected chi connectivity index (χ4v) is 3.19. The molecule has 1 N–H and O–H groups in total. The lowest BCUT2D eigenvalue weighted by Crippen LogP contribution is -2.40. The molecule has 1 atom stereocenters. The van der Waals surface area contributed by atoms with Gasteiger partial charge >= 0.3 is 0 Å². The molecule has 1 aliphatic rings. The number of carbonyl (C=O) groups is 2. The summed E-state index contributed by atoms with van der Waals surface area (Å²) in [5.41, 5.74) is 0.651. The summed E-state index contributed by atoms with van der Waals surface area (Å²) in [6.45, 7) is 0.502. The molecule has 2 amide bonds. The van der Waals surface area contributed by atoms with Crippen LogP contribution in [0.5, 0.6) is 0 Å². The molecule has 2 aromatic heterocycles. The molecule has 1 aliphatic heterocycles. The van der Waals surface area contributed by atoms with Crippen molar-refractivity contribution in [2.45, 2.75) is 25.4 Å². The molecule has 0 aromatic carbocycles. The highest BCUT2D eigenvalue weighted by Crippen LogP contribution is 2.24. The number of aromatic nitrogens is 2. The van der Waals surface area contributed by atoms with E-state index in [1.165, 1.54) is 0 Å². The minimum Gasteiger partial charge on any atom is -0.326 e. The third kappa shape index (κ3) is 2.97. The average molecular weight is 304 g/mol. The number of aryl methyl sites for hydroxylation is 1. The van der Waals surface area contributed by atoms with E-state index >= 15 is 0 Å². The molecule has 0 aliphatic carbocycles. The van der Waals surface area contributed by atoms with Crippen molar-refractivity contribution in [3.63, 3.8) is 0 Å². The van der Waals surface area contributed by atoms with Crippen LogP contribution >= 0.6 is 11.3 Å². The topological polar surface area (TPSA) is 67.2 Å². The van der Waals surface area contributed by atoms with Gasteiger partial charge in [0.2, 0.25) is 11.8 Å². The van der Waals surface area contributed by atoms with E-state index in [9.17, 15) is 9.59 Å². The molecular weight excluding hydrogens is 288 g/mol. The molecule has 2 aromatic rings. The molecule has 6 nitrogen and oxygen atoms in total. The van der Waals surface area contributed by atoms with Gasteiger partial charge in [0.15, 0.2) is 0 Å². The standard InChI is InChI=1S/C14H16N4O2S/c1-17-8-10(7-15-17)16-14(20)12-4-5-13(19)18(12)9-11-3-2-6-21-11/h2-3,6-8,12H,4-5,9H2,1H3,(H,16,20)/t12-/m0/s1. The molecular formula is C14H16N4O2S. The second kappa shape index (κ2) is 5.69. The minimum absolute atomic E-state index is 0.0368. The first-order valence-electron chi connectivity index (χ1n) is 6.75. The van der Waals surface area contributed by atoms with Crippen molar-refractivity contribution in [3.8, 4) is 0 Å². The number of nitrogens with one attached hydrogen (secondary N) is 1. The number of amides is 2. The van der Waals surface area contributed by atoms with E-state index in [2.05, 4.69) is 10.4 Å². The number of hydrogen-bond donors (Lipinski definition) is 1. The van der Waals surface area contributed by atoms with Gasteiger partial charge in [-0.2, -0.15) is 5.10 Å². The van der Waals surface area contributed by atoms with E-state index in [-0.39, 0.29) is 11.8 Å². The number of rotatable bonds is 4. The van der Waals surface area contributed by atoms with E-state index in [0.717, 1.165) is 4.88 Å². The molecule has 7 heteroatoms. The quantitative estimate of drug-likeness (QED) is 0.933. The van der Waals surface area contributed by atoms with Gasteiger partial charge < -0.3 is 10.2 Å². The van der Waals surface area contributed by atoms with Crippen molar-refractivity contribution in [2.75, 3.05) is 5.32 Å². The lowest BCUT2D eigenvalue weighted by atomic mass is 10.2. The average Bonchev–Trinajstić information content (AvgIpc) is 3.15. The molecule has 0 saturated carbocycles. The van der Waals surface area contributed by atoms with Crippen molar-refractivity contribution in [2.24, 2.45) is 7.05 Å². The Hall–Kier alpha value is -2.15. The second-order valence-corrected chi connectivity index (χ2v) is 6.08. The normalized spacial score (nSPS) is 18.2. The van der Waals surface area contributed by atoms with Gasteiger partial charge in [-0.1, -0.05) is 6.07 Å². The summed E-state index contributed by atoms with van der Waals surface area (Å²) in [4.78, 5) is 27.1. The highest BCUT2D eigenvalue weighted by atomic mass is 32.1. The monoisotopic (exact) mass is 304 g/mol. The molecule has 1 fully saturated rings. The van der Waals surface area contributed by atoms with Gasteiger partial charge in [0, 0.05) is 24.5 Å². The fraction of sp³-hybridized carbons (Fsp3) is 0.357. The zero-order valence-corrected chi connectivity index (χ0v) is 12.5. The summed E-state index contributed by atoms with van der Waals surface area (Å²) >= 11 is 1.59. The Morgan fingerprint density at radius 1 is 1.57 bits per heavy atom. The van der Waals surface area contributed by atoms with Gasteiger partial charge in [0.25, 0.3) is 0 Å². The zero-order valence-electron chi connectivity index (χ0n) is 11.7. The van der Waals surface area contributed by atoms with Gasteiger partial charge in [0.1, 0.15) is 6.04 Å². The van der Waals surface area contributed by atoms with Crippen LogP contribution in [0.25, 0.3) is 0 Å². The van der Waals surface area contributed by atoms with Crippen LogP contribution in [0.15, 0.2) is 29.9 Å². The lowest BCUT2D eigenvalue weighted by Gasteiger charge is -2.23. The molecule has 3 rings (SSSR count). The number of anilines is 1. The Labute approximate surface area is 126 Å². The number of hydrogen-bond acceptors (Lipinski definition) is 4. The molecule has 21 heavy (non-hydrogen) atoms. The highest BCUT2D eigenvalue weighted by Gasteiger charge is 2.36. The molecule has 110 valence electrons. The van der Waals surface area contributed by atoms with E-state index in [0.29, 0.717) is 25.1 Å². The van der Waals surface area contributed by atoms with Crippen LogP contribution in [0.3, 0.4) is 0 Å². The first kappa shape index (κ1) is 13.8. The Balaban J connectivity index is 1.70. The summed E-state index contributed by atoms with van der Waals surface area (Å²) in [7, 11) is 1.79. The molecule has 0 spiro atoms. The first-order chi connectivity index (χ1) is 10.1.